The van der Waals surface area contributed by atoms with Gasteiger partial charge in [-0.15, -0.1) is 0 Å². The van der Waals surface area contributed by atoms with Crippen molar-refractivity contribution < 1.29 is 14.6 Å². The Labute approximate surface area is 73.0 Å². The number of ether oxygens (including phenoxy) is 1. The largest absolute Gasteiger partial charge is 0.468 e. The van der Waals surface area contributed by atoms with Crippen LogP contribution in [0.3, 0.4) is 0 Å². The third-order valence-corrected chi connectivity index (χ3v) is 1.55. The molecule has 1 aliphatic rings. The molecule has 0 spiro atoms. The second kappa shape index (κ2) is 6.85. The van der Waals surface area contributed by atoms with E-state index >= 15 is 0 Å². The van der Waals surface area contributed by atoms with Crippen LogP contribution in [-0.2, 0) is 9.53 Å². The number of rotatable bonds is 2. The Morgan fingerprint density at radius 2 is 2.50 bits per heavy atom. The number of hydrogen-bond donors (Lipinski definition) is 1. The van der Waals surface area contributed by atoms with Crippen molar-refractivity contribution in [2.75, 3.05) is 6.61 Å². The molecule has 1 aliphatic carbocycles. The molecule has 0 heterocycles. The summed E-state index contributed by atoms with van der Waals surface area (Å²) in [5, 5.41) is 8.82. The van der Waals surface area contributed by atoms with Crippen molar-refractivity contribution in [3.63, 3.8) is 0 Å². The molecule has 0 aromatic heterocycles. The molecule has 1 atom stereocenters. The van der Waals surface area contributed by atoms with Gasteiger partial charge in [-0.25, -0.2) is 0 Å². The Bertz CT molecular complexity index is 152. The fraction of sp³-hybridized carbons (Fsp3) is 0.667. The van der Waals surface area contributed by atoms with Gasteiger partial charge >= 0.3 is 0 Å². The molecule has 0 aromatic carbocycles. The van der Waals surface area contributed by atoms with Gasteiger partial charge in [0.2, 0.25) is 0 Å². The van der Waals surface area contributed by atoms with E-state index in [-0.39, 0.29) is 6.10 Å². The van der Waals surface area contributed by atoms with Crippen LogP contribution in [0.15, 0.2) is 11.6 Å². The van der Waals surface area contributed by atoms with E-state index in [1.54, 1.807) is 6.92 Å². The Morgan fingerprint density at radius 3 is 2.58 bits per heavy atom. The average molecular weight is 172 g/mol. The van der Waals surface area contributed by atoms with Crippen molar-refractivity contribution in [1.29, 1.82) is 0 Å². The molecule has 70 valence electrons. The average Bonchev–Trinajstić information content (AvgIpc) is 2.38. The molecule has 0 bridgehead atoms. The van der Waals surface area contributed by atoms with E-state index in [0.717, 1.165) is 12.8 Å². The lowest BCUT2D eigenvalue weighted by Gasteiger charge is -1.89. The monoisotopic (exact) mass is 172 g/mol. The van der Waals surface area contributed by atoms with Crippen molar-refractivity contribution >= 4 is 6.47 Å². The second-order valence-electron chi connectivity index (χ2n) is 2.67. The number of carbonyl (C=O) groups excluding carboxylic acids is 1. The van der Waals surface area contributed by atoms with Gasteiger partial charge in [-0.05, 0) is 26.7 Å². The molecule has 1 N–H and O–H groups in total. The van der Waals surface area contributed by atoms with E-state index in [2.05, 4.69) is 11.7 Å². The quantitative estimate of drug-likeness (QED) is 0.504. The first-order valence-corrected chi connectivity index (χ1v) is 4.11. The fourth-order valence-electron chi connectivity index (χ4n) is 0.939. The highest BCUT2D eigenvalue weighted by atomic mass is 16.5. The summed E-state index contributed by atoms with van der Waals surface area (Å²) in [5.41, 5.74) is 1.33. The van der Waals surface area contributed by atoms with Gasteiger partial charge in [-0.3, -0.25) is 4.79 Å². The van der Waals surface area contributed by atoms with Gasteiger partial charge in [0, 0.05) is 0 Å². The number of carbonyl (C=O) groups is 1. The summed E-state index contributed by atoms with van der Waals surface area (Å²) in [4.78, 5) is 9.18. The van der Waals surface area contributed by atoms with Gasteiger partial charge < -0.3 is 9.84 Å². The van der Waals surface area contributed by atoms with Crippen LogP contribution in [0.2, 0.25) is 0 Å². The summed E-state index contributed by atoms with van der Waals surface area (Å²) < 4.78 is 4.15. The third-order valence-electron chi connectivity index (χ3n) is 1.55. The molecule has 1 rings (SSSR count). The molecule has 0 fully saturated rings. The normalized spacial score (nSPS) is 20.6. The van der Waals surface area contributed by atoms with E-state index in [1.807, 2.05) is 6.08 Å². The van der Waals surface area contributed by atoms with Gasteiger partial charge in [-0.2, -0.15) is 0 Å². The lowest BCUT2D eigenvalue weighted by atomic mass is 10.3. The van der Waals surface area contributed by atoms with Crippen molar-refractivity contribution in [2.24, 2.45) is 0 Å². The van der Waals surface area contributed by atoms with Crippen LogP contribution >= 0.6 is 0 Å². The Kier molecular flexibility index (Phi) is 6.38. The van der Waals surface area contributed by atoms with Gasteiger partial charge in [0.25, 0.3) is 6.47 Å². The summed E-state index contributed by atoms with van der Waals surface area (Å²) >= 11 is 0. The van der Waals surface area contributed by atoms with E-state index in [4.69, 9.17) is 5.11 Å². The molecule has 0 radical (unpaired) electrons. The van der Waals surface area contributed by atoms with Crippen molar-refractivity contribution in [3.05, 3.63) is 11.6 Å². The predicted molar refractivity (Wildman–Crippen MR) is 46.7 cm³/mol. The van der Waals surface area contributed by atoms with Gasteiger partial charge in [0.1, 0.15) is 0 Å². The lowest BCUT2D eigenvalue weighted by molar-refractivity contribution is -0.128. The molecular weight excluding hydrogens is 156 g/mol. The summed E-state index contributed by atoms with van der Waals surface area (Å²) in [6, 6.07) is 0. The van der Waals surface area contributed by atoms with E-state index < -0.39 is 0 Å². The lowest BCUT2D eigenvalue weighted by Crippen LogP contribution is -1.93. The molecule has 0 aliphatic heterocycles. The number of allylic oxidation sites excluding steroid dienone is 1. The zero-order valence-electron chi connectivity index (χ0n) is 7.62. The summed E-state index contributed by atoms with van der Waals surface area (Å²) in [5.74, 6) is 0. The van der Waals surface area contributed by atoms with Crippen LogP contribution in [0.1, 0.15) is 26.7 Å². The number of aliphatic hydroxyl groups is 1. The number of hydrogen-bond acceptors (Lipinski definition) is 3. The van der Waals surface area contributed by atoms with E-state index in [0.29, 0.717) is 13.1 Å². The zero-order chi connectivity index (χ0) is 9.40. The van der Waals surface area contributed by atoms with Gasteiger partial charge in [0.15, 0.2) is 0 Å². The van der Waals surface area contributed by atoms with E-state index in [1.165, 1.54) is 5.57 Å². The zero-order valence-corrected chi connectivity index (χ0v) is 7.62. The SMILES string of the molecule is CC1=CC(O)CC1.CCOC=O. The minimum atomic E-state index is -0.139. The third kappa shape index (κ3) is 5.92. The first kappa shape index (κ1) is 11.2. The van der Waals surface area contributed by atoms with Crippen LogP contribution in [0, 0.1) is 0 Å². The molecule has 0 saturated carbocycles. The molecule has 1 unspecified atom stereocenters. The van der Waals surface area contributed by atoms with Crippen LogP contribution in [0.25, 0.3) is 0 Å². The van der Waals surface area contributed by atoms with Gasteiger partial charge in [-0.1, -0.05) is 11.6 Å². The molecule has 3 nitrogen and oxygen atoms in total. The Morgan fingerprint density at radius 1 is 1.83 bits per heavy atom. The highest BCUT2D eigenvalue weighted by molar-refractivity contribution is 5.36. The first-order valence-electron chi connectivity index (χ1n) is 4.11. The molecule has 0 aromatic rings. The standard InChI is InChI=1S/C6H10O.C3H6O2/c1-5-2-3-6(7)4-5;1-2-5-3-4/h4,6-7H,2-3H2,1H3;3H,2H2,1H3. The predicted octanol–water partition coefficient (Wildman–Crippen LogP) is 1.27. The highest BCUT2D eigenvalue weighted by Crippen LogP contribution is 2.16. The van der Waals surface area contributed by atoms with Gasteiger partial charge in [0.05, 0.1) is 12.7 Å². The Balaban J connectivity index is 0.000000217. The molecular formula is C9H16O3. The van der Waals surface area contributed by atoms with Crippen molar-refractivity contribution in [2.45, 2.75) is 32.8 Å². The maximum atomic E-state index is 9.18. The topological polar surface area (TPSA) is 46.5 Å². The summed E-state index contributed by atoms with van der Waals surface area (Å²) in [6.07, 6.45) is 3.80. The number of aliphatic hydroxyl groups excluding tert-OH is 1. The summed E-state index contributed by atoms with van der Waals surface area (Å²) in [6.45, 7) is 4.72. The van der Waals surface area contributed by atoms with E-state index in [9.17, 15) is 4.79 Å². The van der Waals surface area contributed by atoms with Crippen LogP contribution in [0.5, 0.6) is 0 Å². The summed E-state index contributed by atoms with van der Waals surface area (Å²) in [7, 11) is 0. The molecule has 0 saturated heterocycles. The highest BCUT2D eigenvalue weighted by Gasteiger charge is 2.07. The van der Waals surface area contributed by atoms with Crippen LogP contribution in [0.4, 0.5) is 0 Å². The fourth-order valence-corrected chi connectivity index (χ4v) is 0.939. The van der Waals surface area contributed by atoms with Crippen molar-refractivity contribution in [3.8, 4) is 0 Å². The van der Waals surface area contributed by atoms with Crippen LogP contribution in [-0.4, -0.2) is 24.3 Å². The smallest absolute Gasteiger partial charge is 0.293 e. The Hall–Kier alpha value is -0.830. The maximum Gasteiger partial charge on any atom is 0.293 e. The van der Waals surface area contributed by atoms with Crippen LogP contribution < -0.4 is 0 Å². The molecule has 0 amide bonds. The maximum absolute atomic E-state index is 9.18. The molecule has 12 heavy (non-hydrogen) atoms. The van der Waals surface area contributed by atoms with Crippen molar-refractivity contribution in [1.82, 2.24) is 0 Å². The molecule has 3 heteroatoms. The minimum Gasteiger partial charge on any atom is -0.468 e. The first-order chi connectivity index (χ1) is 5.70. The second-order valence-corrected chi connectivity index (χ2v) is 2.67. The minimum absolute atomic E-state index is 0.139.